The molecule has 2 rings (SSSR count). The van der Waals surface area contributed by atoms with Gasteiger partial charge in [0, 0.05) is 13.7 Å². The van der Waals surface area contributed by atoms with Crippen LogP contribution in [-0.4, -0.2) is 23.7 Å². The lowest BCUT2D eigenvalue weighted by Gasteiger charge is -2.38. The number of rotatable bonds is 5. The number of hydrogen-bond acceptors (Lipinski definition) is 4. The highest BCUT2D eigenvalue weighted by atomic mass is 127. The molecule has 0 aromatic carbocycles. The Kier molecular flexibility index (Phi) is 6.23. The molecule has 1 fully saturated rings. The van der Waals surface area contributed by atoms with E-state index in [-0.39, 0.29) is 0 Å². The van der Waals surface area contributed by atoms with Crippen molar-refractivity contribution in [1.82, 2.24) is 9.97 Å². The third-order valence-electron chi connectivity index (χ3n) is 3.94. The van der Waals surface area contributed by atoms with Gasteiger partial charge in [0.1, 0.15) is 10.8 Å². The van der Waals surface area contributed by atoms with Crippen LogP contribution in [0.1, 0.15) is 51.0 Å². The average Bonchev–Trinajstić information content (AvgIpc) is 2.44. The second-order valence-corrected chi connectivity index (χ2v) is 7.10. The normalized spacial score (nSPS) is 26.0. The summed E-state index contributed by atoms with van der Waals surface area (Å²) in [4.78, 5) is 9.25. The van der Waals surface area contributed by atoms with Gasteiger partial charge in [-0.2, -0.15) is 0 Å². The first-order valence-corrected chi connectivity index (χ1v) is 8.83. The lowest BCUT2D eigenvalue weighted by Crippen LogP contribution is -2.37. The molecule has 2 atom stereocenters. The molecule has 0 aliphatic heterocycles. The number of hydrogen-bond donors (Lipinski definition) is 0. The van der Waals surface area contributed by atoms with Crippen LogP contribution in [-0.2, 0) is 21.7 Å². The van der Waals surface area contributed by atoms with Crippen LogP contribution >= 0.6 is 34.2 Å². The SMILES string of the molecule is CCOC1(c2nc(Cl)c(I)c(COC)n2)CCCC(C)C1. The van der Waals surface area contributed by atoms with Gasteiger partial charge in [0.15, 0.2) is 5.82 Å². The first kappa shape index (κ1) is 17.4. The van der Waals surface area contributed by atoms with Gasteiger partial charge in [0.05, 0.1) is 15.9 Å². The molecule has 0 bridgehead atoms. The fraction of sp³-hybridized carbons (Fsp3) is 0.733. The Balaban J connectivity index is 2.44. The van der Waals surface area contributed by atoms with Crippen molar-refractivity contribution in [3.63, 3.8) is 0 Å². The molecule has 4 nitrogen and oxygen atoms in total. The minimum absolute atomic E-state index is 0.400. The Morgan fingerprint density at radius 2 is 2.19 bits per heavy atom. The second kappa shape index (κ2) is 7.53. The Morgan fingerprint density at radius 3 is 2.81 bits per heavy atom. The number of nitrogens with zero attached hydrogens (tertiary/aromatic N) is 2. The van der Waals surface area contributed by atoms with Gasteiger partial charge in [-0.15, -0.1) is 0 Å². The summed E-state index contributed by atoms with van der Waals surface area (Å²) >= 11 is 8.47. The van der Waals surface area contributed by atoms with E-state index in [1.54, 1.807) is 7.11 Å². The molecule has 1 saturated carbocycles. The monoisotopic (exact) mass is 424 g/mol. The summed E-state index contributed by atoms with van der Waals surface area (Å²) < 4.78 is 12.2. The summed E-state index contributed by atoms with van der Waals surface area (Å²) in [5.74, 6) is 1.33. The molecule has 0 amide bonds. The minimum Gasteiger partial charge on any atom is -0.378 e. The molecule has 1 aromatic rings. The predicted molar refractivity (Wildman–Crippen MR) is 91.4 cm³/mol. The lowest BCUT2D eigenvalue weighted by atomic mass is 9.78. The van der Waals surface area contributed by atoms with E-state index in [2.05, 4.69) is 34.5 Å². The van der Waals surface area contributed by atoms with Gasteiger partial charge in [0.25, 0.3) is 0 Å². The van der Waals surface area contributed by atoms with Crippen LogP contribution in [0.25, 0.3) is 0 Å². The summed E-state index contributed by atoms with van der Waals surface area (Å²) in [6.07, 6.45) is 4.27. The van der Waals surface area contributed by atoms with Crippen molar-refractivity contribution in [2.45, 2.75) is 51.7 Å². The van der Waals surface area contributed by atoms with E-state index in [9.17, 15) is 0 Å². The standard InChI is InChI=1S/C15H22ClIN2O2/c1-4-21-15(7-5-6-10(2)8-15)14-18-11(9-20-3)12(17)13(16)19-14/h10H,4-9H2,1-3H3. The van der Waals surface area contributed by atoms with E-state index in [1.165, 1.54) is 6.42 Å². The zero-order chi connectivity index (χ0) is 15.5. The quantitative estimate of drug-likeness (QED) is 0.521. The highest BCUT2D eigenvalue weighted by Crippen LogP contribution is 2.42. The number of halogens is 2. The maximum atomic E-state index is 6.30. The Bertz CT molecular complexity index is 497. The van der Waals surface area contributed by atoms with E-state index >= 15 is 0 Å². The Labute approximate surface area is 145 Å². The van der Waals surface area contributed by atoms with Gasteiger partial charge >= 0.3 is 0 Å². The molecule has 6 heteroatoms. The van der Waals surface area contributed by atoms with Crippen LogP contribution in [0.4, 0.5) is 0 Å². The van der Waals surface area contributed by atoms with Gasteiger partial charge in [-0.05, 0) is 54.7 Å². The number of aromatic nitrogens is 2. The number of ether oxygens (including phenoxy) is 2. The second-order valence-electron chi connectivity index (χ2n) is 5.66. The summed E-state index contributed by atoms with van der Waals surface area (Å²) in [7, 11) is 1.66. The molecule has 21 heavy (non-hydrogen) atoms. The Hall–Kier alpha value is 0.0200. The zero-order valence-corrected chi connectivity index (χ0v) is 15.7. The summed E-state index contributed by atoms with van der Waals surface area (Å²) in [6, 6.07) is 0. The first-order chi connectivity index (χ1) is 10.0. The smallest absolute Gasteiger partial charge is 0.162 e. The van der Waals surface area contributed by atoms with E-state index in [0.717, 1.165) is 28.5 Å². The fourth-order valence-corrected chi connectivity index (χ4v) is 3.66. The molecule has 1 aromatic heterocycles. The predicted octanol–water partition coefficient (Wildman–Crippen LogP) is 4.32. The molecule has 0 saturated heterocycles. The molecule has 0 N–H and O–H groups in total. The molecular formula is C15H22ClIN2O2. The third-order valence-corrected chi connectivity index (χ3v) is 5.67. The van der Waals surface area contributed by atoms with Gasteiger partial charge in [-0.1, -0.05) is 24.9 Å². The topological polar surface area (TPSA) is 44.2 Å². The molecule has 1 aliphatic rings. The minimum atomic E-state index is -0.400. The van der Waals surface area contributed by atoms with E-state index in [4.69, 9.17) is 26.1 Å². The van der Waals surface area contributed by atoms with Crippen molar-refractivity contribution in [1.29, 1.82) is 0 Å². The van der Waals surface area contributed by atoms with Gasteiger partial charge in [0.2, 0.25) is 0 Å². The molecular weight excluding hydrogens is 403 g/mol. The van der Waals surface area contributed by atoms with Gasteiger partial charge < -0.3 is 9.47 Å². The van der Waals surface area contributed by atoms with Crippen LogP contribution in [0.15, 0.2) is 0 Å². The van der Waals surface area contributed by atoms with E-state index in [0.29, 0.717) is 30.1 Å². The fourth-order valence-electron chi connectivity index (χ4n) is 3.08. The zero-order valence-electron chi connectivity index (χ0n) is 12.8. The van der Waals surface area contributed by atoms with Crippen LogP contribution < -0.4 is 0 Å². The Morgan fingerprint density at radius 1 is 1.43 bits per heavy atom. The van der Waals surface area contributed by atoms with Crippen LogP contribution in [0, 0.1) is 9.49 Å². The summed E-state index contributed by atoms with van der Waals surface area (Å²) in [5.41, 5.74) is 0.438. The van der Waals surface area contributed by atoms with Gasteiger partial charge in [-0.3, -0.25) is 0 Å². The molecule has 0 spiro atoms. The van der Waals surface area contributed by atoms with Crippen LogP contribution in [0.2, 0.25) is 5.15 Å². The molecule has 2 unspecified atom stereocenters. The molecule has 1 heterocycles. The average molecular weight is 425 g/mol. The van der Waals surface area contributed by atoms with E-state index < -0.39 is 5.60 Å². The van der Waals surface area contributed by atoms with Crippen molar-refractivity contribution in [2.75, 3.05) is 13.7 Å². The third kappa shape index (κ3) is 3.86. The molecule has 0 radical (unpaired) electrons. The molecule has 118 valence electrons. The first-order valence-electron chi connectivity index (χ1n) is 7.37. The van der Waals surface area contributed by atoms with Crippen molar-refractivity contribution in [2.24, 2.45) is 5.92 Å². The van der Waals surface area contributed by atoms with Crippen molar-refractivity contribution >= 4 is 34.2 Å². The maximum Gasteiger partial charge on any atom is 0.162 e. The van der Waals surface area contributed by atoms with Crippen molar-refractivity contribution in [3.8, 4) is 0 Å². The van der Waals surface area contributed by atoms with Crippen LogP contribution in [0.3, 0.4) is 0 Å². The highest BCUT2D eigenvalue weighted by Gasteiger charge is 2.40. The van der Waals surface area contributed by atoms with Crippen LogP contribution in [0.5, 0.6) is 0 Å². The summed E-state index contributed by atoms with van der Waals surface area (Å²) in [6.45, 7) is 5.37. The van der Waals surface area contributed by atoms with E-state index in [1.807, 2.05) is 6.92 Å². The molecule has 1 aliphatic carbocycles. The lowest BCUT2D eigenvalue weighted by molar-refractivity contribution is -0.0883. The maximum absolute atomic E-state index is 6.30. The largest absolute Gasteiger partial charge is 0.378 e. The van der Waals surface area contributed by atoms with Crippen molar-refractivity contribution in [3.05, 3.63) is 20.2 Å². The van der Waals surface area contributed by atoms with Gasteiger partial charge in [-0.25, -0.2) is 9.97 Å². The highest BCUT2D eigenvalue weighted by molar-refractivity contribution is 14.1. The number of methoxy groups -OCH3 is 1. The summed E-state index contributed by atoms with van der Waals surface area (Å²) in [5, 5.41) is 0.491. The van der Waals surface area contributed by atoms with Crippen molar-refractivity contribution < 1.29 is 9.47 Å².